The van der Waals surface area contributed by atoms with Crippen molar-refractivity contribution in [1.29, 1.82) is 0 Å². The SMILES string of the molecule is O=C(c1ccccc1)N1CN(C(=O)c2ccccc2)[C@@H]2CCCC[C@H]21. The molecule has 0 unspecified atom stereocenters. The molecule has 2 fully saturated rings. The Balaban J connectivity index is 1.62. The van der Waals surface area contributed by atoms with Crippen LogP contribution in [0.2, 0.25) is 0 Å². The van der Waals surface area contributed by atoms with E-state index in [2.05, 4.69) is 0 Å². The van der Waals surface area contributed by atoms with E-state index < -0.39 is 0 Å². The molecule has 4 nitrogen and oxygen atoms in total. The van der Waals surface area contributed by atoms with Crippen molar-refractivity contribution < 1.29 is 9.59 Å². The van der Waals surface area contributed by atoms with Crippen molar-refractivity contribution in [3.05, 3.63) is 71.8 Å². The molecule has 4 heteroatoms. The number of carbonyl (C=O) groups excluding carboxylic acids is 2. The summed E-state index contributed by atoms with van der Waals surface area (Å²) in [7, 11) is 0. The van der Waals surface area contributed by atoms with Crippen molar-refractivity contribution in [2.75, 3.05) is 6.67 Å². The summed E-state index contributed by atoms with van der Waals surface area (Å²) >= 11 is 0. The molecule has 1 saturated carbocycles. The highest BCUT2D eigenvalue weighted by Gasteiger charge is 2.45. The fraction of sp³-hybridized carbons (Fsp3) is 0.333. The third-order valence-electron chi connectivity index (χ3n) is 5.36. The first-order valence-electron chi connectivity index (χ1n) is 8.98. The third-order valence-corrected chi connectivity index (χ3v) is 5.36. The Hall–Kier alpha value is -2.62. The highest BCUT2D eigenvalue weighted by Crippen LogP contribution is 2.34. The van der Waals surface area contributed by atoms with E-state index in [0.29, 0.717) is 17.8 Å². The lowest BCUT2D eigenvalue weighted by molar-refractivity contribution is 0.0671. The van der Waals surface area contributed by atoms with Crippen LogP contribution in [0.1, 0.15) is 46.4 Å². The van der Waals surface area contributed by atoms with Gasteiger partial charge in [0.15, 0.2) is 0 Å². The number of rotatable bonds is 2. The van der Waals surface area contributed by atoms with Crippen LogP contribution in [0.4, 0.5) is 0 Å². The van der Waals surface area contributed by atoms with E-state index in [0.717, 1.165) is 25.7 Å². The molecule has 25 heavy (non-hydrogen) atoms. The van der Waals surface area contributed by atoms with Gasteiger partial charge in [0.2, 0.25) is 0 Å². The van der Waals surface area contributed by atoms with Crippen molar-refractivity contribution in [3.63, 3.8) is 0 Å². The fourth-order valence-corrected chi connectivity index (χ4v) is 4.12. The first-order valence-corrected chi connectivity index (χ1v) is 8.98. The summed E-state index contributed by atoms with van der Waals surface area (Å²) in [5.74, 6) is 0.0572. The lowest BCUT2D eigenvalue weighted by Crippen LogP contribution is -2.43. The minimum absolute atomic E-state index is 0.0286. The molecule has 0 radical (unpaired) electrons. The normalized spacial score (nSPS) is 22.6. The van der Waals surface area contributed by atoms with Gasteiger partial charge in [-0.15, -0.1) is 0 Å². The molecule has 1 aliphatic heterocycles. The minimum atomic E-state index is 0.0286. The topological polar surface area (TPSA) is 40.6 Å². The van der Waals surface area contributed by atoms with Gasteiger partial charge in [0.25, 0.3) is 11.8 Å². The number of hydrogen-bond donors (Lipinski definition) is 0. The van der Waals surface area contributed by atoms with E-state index in [-0.39, 0.29) is 23.9 Å². The molecule has 4 rings (SSSR count). The Morgan fingerprint density at radius 3 is 1.48 bits per heavy atom. The Labute approximate surface area is 148 Å². The average molecular weight is 334 g/mol. The summed E-state index contributed by atoms with van der Waals surface area (Å²) in [6.45, 7) is 0.386. The minimum Gasteiger partial charge on any atom is -0.316 e. The van der Waals surface area contributed by atoms with Gasteiger partial charge in [0, 0.05) is 11.1 Å². The molecule has 0 N–H and O–H groups in total. The van der Waals surface area contributed by atoms with Crippen LogP contribution in [-0.2, 0) is 0 Å². The van der Waals surface area contributed by atoms with Crippen LogP contribution in [0.5, 0.6) is 0 Å². The van der Waals surface area contributed by atoms with E-state index in [9.17, 15) is 9.59 Å². The zero-order valence-electron chi connectivity index (χ0n) is 14.2. The smallest absolute Gasteiger partial charge is 0.255 e. The van der Waals surface area contributed by atoms with Gasteiger partial charge in [-0.05, 0) is 37.1 Å². The van der Waals surface area contributed by atoms with Crippen molar-refractivity contribution in [2.24, 2.45) is 0 Å². The van der Waals surface area contributed by atoms with Crippen molar-refractivity contribution >= 4 is 11.8 Å². The molecule has 0 aromatic heterocycles. The summed E-state index contributed by atoms with van der Waals surface area (Å²) in [5, 5.41) is 0. The predicted molar refractivity (Wildman–Crippen MR) is 96.1 cm³/mol. The quantitative estimate of drug-likeness (QED) is 0.843. The highest BCUT2D eigenvalue weighted by atomic mass is 16.2. The maximum absolute atomic E-state index is 13.0. The van der Waals surface area contributed by atoms with Crippen LogP contribution in [0.15, 0.2) is 60.7 Å². The highest BCUT2D eigenvalue weighted by molar-refractivity contribution is 5.97. The Kier molecular flexibility index (Phi) is 4.26. The van der Waals surface area contributed by atoms with Gasteiger partial charge in [-0.25, -0.2) is 0 Å². The number of amides is 2. The monoisotopic (exact) mass is 334 g/mol. The van der Waals surface area contributed by atoms with Gasteiger partial charge in [-0.2, -0.15) is 0 Å². The molecule has 1 heterocycles. The average Bonchev–Trinajstić information content (AvgIpc) is 3.08. The second-order valence-corrected chi connectivity index (χ2v) is 6.84. The lowest BCUT2D eigenvalue weighted by atomic mass is 9.89. The second kappa shape index (κ2) is 6.71. The maximum Gasteiger partial charge on any atom is 0.255 e. The molecular weight excluding hydrogens is 312 g/mol. The van der Waals surface area contributed by atoms with Gasteiger partial charge in [-0.3, -0.25) is 9.59 Å². The summed E-state index contributed by atoms with van der Waals surface area (Å²) in [6.07, 6.45) is 4.18. The Morgan fingerprint density at radius 2 is 1.08 bits per heavy atom. The van der Waals surface area contributed by atoms with E-state index in [1.54, 1.807) is 0 Å². The molecule has 2 aromatic rings. The van der Waals surface area contributed by atoms with Gasteiger partial charge >= 0.3 is 0 Å². The summed E-state index contributed by atoms with van der Waals surface area (Å²) < 4.78 is 0. The van der Waals surface area contributed by atoms with E-state index in [1.807, 2.05) is 70.5 Å². The zero-order valence-corrected chi connectivity index (χ0v) is 14.2. The molecule has 2 atom stereocenters. The van der Waals surface area contributed by atoms with E-state index >= 15 is 0 Å². The summed E-state index contributed by atoms with van der Waals surface area (Å²) in [4.78, 5) is 29.8. The van der Waals surface area contributed by atoms with Crippen molar-refractivity contribution in [3.8, 4) is 0 Å². The molecule has 0 bridgehead atoms. The summed E-state index contributed by atoms with van der Waals surface area (Å²) in [5.41, 5.74) is 1.39. The van der Waals surface area contributed by atoms with Crippen LogP contribution in [-0.4, -0.2) is 40.4 Å². The molecule has 1 saturated heterocycles. The largest absolute Gasteiger partial charge is 0.316 e. The Bertz CT molecular complexity index is 694. The van der Waals surface area contributed by atoms with Gasteiger partial charge in [0.1, 0.15) is 0 Å². The molecule has 0 spiro atoms. The van der Waals surface area contributed by atoms with Crippen molar-refractivity contribution in [1.82, 2.24) is 9.80 Å². The number of fused-ring (bicyclic) bond motifs is 1. The number of hydrogen-bond acceptors (Lipinski definition) is 2. The van der Waals surface area contributed by atoms with Crippen LogP contribution in [0.3, 0.4) is 0 Å². The first kappa shape index (κ1) is 15.9. The van der Waals surface area contributed by atoms with Gasteiger partial charge < -0.3 is 9.80 Å². The zero-order chi connectivity index (χ0) is 17.2. The number of nitrogens with zero attached hydrogens (tertiary/aromatic N) is 2. The molecule has 1 aliphatic carbocycles. The predicted octanol–water partition coefficient (Wildman–Crippen LogP) is 3.55. The molecule has 2 aromatic carbocycles. The summed E-state index contributed by atoms with van der Waals surface area (Å²) in [6, 6.07) is 19.0. The third kappa shape index (κ3) is 2.93. The fourth-order valence-electron chi connectivity index (χ4n) is 4.12. The molecule has 2 amide bonds. The van der Waals surface area contributed by atoms with E-state index in [4.69, 9.17) is 0 Å². The number of benzene rings is 2. The van der Waals surface area contributed by atoms with Crippen LogP contribution in [0.25, 0.3) is 0 Å². The first-order chi connectivity index (χ1) is 12.3. The van der Waals surface area contributed by atoms with Crippen LogP contribution >= 0.6 is 0 Å². The second-order valence-electron chi connectivity index (χ2n) is 6.84. The lowest BCUT2D eigenvalue weighted by Gasteiger charge is -2.32. The van der Waals surface area contributed by atoms with Gasteiger partial charge in [-0.1, -0.05) is 49.2 Å². The molecule has 128 valence electrons. The molecular formula is C21H22N2O2. The van der Waals surface area contributed by atoms with E-state index in [1.165, 1.54) is 0 Å². The van der Waals surface area contributed by atoms with Gasteiger partial charge in [0.05, 0.1) is 18.8 Å². The maximum atomic E-state index is 13.0. The van der Waals surface area contributed by atoms with Crippen LogP contribution < -0.4 is 0 Å². The molecule has 2 aliphatic rings. The Morgan fingerprint density at radius 1 is 0.680 bits per heavy atom. The number of carbonyl (C=O) groups is 2. The van der Waals surface area contributed by atoms with Crippen molar-refractivity contribution in [2.45, 2.75) is 37.8 Å². The standard InChI is InChI=1S/C21H22N2O2/c24-20(16-9-3-1-4-10-16)22-15-23(19-14-8-7-13-18(19)22)21(25)17-11-5-2-6-12-17/h1-6,9-12,18-19H,7-8,13-15H2/t18-,19-/m1/s1. The van der Waals surface area contributed by atoms with Crippen LogP contribution in [0, 0.1) is 0 Å².